The molecule has 0 radical (unpaired) electrons. The summed E-state index contributed by atoms with van der Waals surface area (Å²) in [7, 11) is 0. The molecule has 9 aromatic carbocycles. The molecule has 0 aliphatic carbocycles. The zero-order valence-corrected chi connectivity index (χ0v) is 35.9. The fraction of sp³-hybridized carbons (Fsp3) is 0.138. The van der Waals surface area contributed by atoms with E-state index in [1.165, 1.54) is 76.3 Å². The molecular formula is C58H50N4. The number of para-hydroxylation sites is 2. The Morgan fingerprint density at radius 3 is 1.00 bits per heavy atom. The first-order chi connectivity index (χ1) is 30.6. The fourth-order valence-electron chi connectivity index (χ4n) is 10.2. The normalized spacial score (nSPS) is 11.8. The van der Waals surface area contributed by atoms with Crippen LogP contribution in [0.5, 0.6) is 0 Å². The lowest BCUT2D eigenvalue weighted by Crippen LogP contribution is -2.18. The smallest absolute Gasteiger partial charge is 0.0788 e. The predicted molar refractivity (Wildman–Crippen MR) is 267 cm³/mol. The lowest BCUT2D eigenvalue weighted by atomic mass is 9.95. The highest BCUT2D eigenvalue weighted by atomic mass is 15.2. The van der Waals surface area contributed by atoms with Crippen molar-refractivity contribution in [2.75, 3.05) is 9.80 Å². The molecule has 11 aromatic rings. The topological polar surface area (TPSA) is 16.3 Å². The summed E-state index contributed by atoms with van der Waals surface area (Å²) in [5, 5.41) is 9.95. The second kappa shape index (κ2) is 15.3. The van der Waals surface area contributed by atoms with Crippen LogP contribution in [0.3, 0.4) is 0 Å². The summed E-state index contributed by atoms with van der Waals surface area (Å²) in [6.07, 6.45) is 1.96. The van der Waals surface area contributed by atoms with Gasteiger partial charge in [-0.1, -0.05) is 135 Å². The molecule has 62 heavy (non-hydrogen) atoms. The number of rotatable bonds is 10. The Balaban J connectivity index is 1.29. The molecule has 0 unspecified atom stereocenters. The first kappa shape index (κ1) is 37.7. The van der Waals surface area contributed by atoms with Crippen molar-refractivity contribution in [2.45, 2.75) is 53.6 Å². The van der Waals surface area contributed by atoms with Crippen LogP contribution in [0, 0.1) is 0 Å². The monoisotopic (exact) mass is 802 g/mol. The minimum Gasteiger partial charge on any atom is -0.341 e. The van der Waals surface area contributed by atoms with E-state index in [0.717, 1.165) is 60.1 Å². The van der Waals surface area contributed by atoms with Crippen LogP contribution in [-0.2, 0) is 25.9 Å². The van der Waals surface area contributed by atoms with E-state index >= 15 is 0 Å². The van der Waals surface area contributed by atoms with Crippen molar-refractivity contribution >= 4 is 99.3 Å². The third kappa shape index (κ3) is 5.89. The Bertz CT molecular complexity index is 3230. The van der Waals surface area contributed by atoms with Crippen LogP contribution in [0.1, 0.15) is 38.8 Å². The molecular weight excluding hydrogens is 753 g/mol. The van der Waals surface area contributed by atoms with Gasteiger partial charge in [-0.3, -0.25) is 0 Å². The van der Waals surface area contributed by atoms with Gasteiger partial charge in [0.25, 0.3) is 0 Å². The van der Waals surface area contributed by atoms with Crippen LogP contribution in [0.4, 0.5) is 34.1 Å². The highest BCUT2D eigenvalue weighted by Gasteiger charge is 2.29. The van der Waals surface area contributed by atoms with E-state index in [4.69, 9.17) is 0 Å². The van der Waals surface area contributed by atoms with Gasteiger partial charge in [0.1, 0.15) is 0 Å². The Morgan fingerprint density at radius 2 is 0.629 bits per heavy atom. The summed E-state index contributed by atoms with van der Waals surface area (Å²) in [5.41, 5.74) is 14.4. The number of anilines is 6. The average Bonchev–Trinajstić information content (AvgIpc) is 3.84. The Hall–Kier alpha value is -7.30. The highest BCUT2D eigenvalue weighted by molar-refractivity contribution is 6.24. The number of nitrogens with zero attached hydrogens (tertiary/aromatic N) is 4. The van der Waals surface area contributed by atoms with Crippen LogP contribution < -0.4 is 9.80 Å². The molecule has 0 N–H and O–H groups in total. The summed E-state index contributed by atoms with van der Waals surface area (Å²) in [4.78, 5) is 5.07. The minimum absolute atomic E-state index is 0.876. The highest BCUT2D eigenvalue weighted by Crippen LogP contribution is 2.54. The Labute approximate surface area is 363 Å². The summed E-state index contributed by atoms with van der Waals surface area (Å²) < 4.78 is 4.94. The zero-order valence-electron chi connectivity index (χ0n) is 35.9. The van der Waals surface area contributed by atoms with E-state index in [-0.39, 0.29) is 0 Å². The molecule has 2 aromatic heterocycles. The standard InChI is InChI=1S/C58H50N4/c1-5-39-25-29-41(30-26-39)61(43-33-35-49-47-19-13-15-23-53(47)59(7-3)55(49)37-43)57-51-21-11-9-17-45(51)46-18-10-12-22-52(46)58(57)62(42-31-27-40(6-2)28-32-42)44-34-36-50-48-20-14-16-24-54(48)60(8-4)56(50)38-44/h9-38H,5-8H2,1-4H3. The molecule has 0 spiro atoms. The Morgan fingerprint density at radius 1 is 0.306 bits per heavy atom. The van der Waals surface area contributed by atoms with Crippen LogP contribution in [-0.4, -0.2) is 9.13 Å². The van der Waals surface area contributed by atoms with E-state index < -0.39 is 0 Å². The van der Waals surface area contributed by atoms with Crippen molar-refractivity contribution in [3.05, 3.63) is 193 Å². The minimum atomic E-state index is 0.876. The quantitative estimate of drug-likeness (QED) is 0.101. The van der Waals surface area contributed by atoms with Gasteiger partial charge >= 0.3 is 0 Å². The van der Waals surface area contributed by atoms with Gasteiger partial charge in [-0.15, -0.1) is 0 Å². The van der Waals surface area contributed by atoms with E-state index in [9.17, 15) is 0 Å². The predicted octanol–water partition coefficient (Wildman–Crippen LogP) is 16.3. The average molecular weight is 803 g/mol. The Kier molecular flexibility index (Phi) is 9.30. The zero-order chi connectivity index (χ0) is 41.9. The van der Waals surface area contributed by atoms with Gasteiger partial charge in [-0.25, -0.2) is 0 Å². The molecule has 11 rings (SSSR count). The third-order valence-corrected chi connectivity index (χ3v) is 13.2. The van der Waals surface area contributed by atoms with Crippen molar-refractivity contribution in [1.29, 1.82) is 0 Å². The van der Waals surface area contributed by atoms with Gasteiger partial charge in [-0.2, -0.15) is 0 Å². The molecule has 0 fully saturated rings. The fourth-order valence-corrected chi connectivity index (χ4v) is 10.2. The first-order valence-corrected chi connectivity index (χ1v) is 22.3. The van der Waals surface area contributed by atoms with E-state index in [2.05, 4.69) is 229 Å². The maximum Gasteiger partial charge on any atom is 0.0788 e. The number of aryl methyl sites for hydroxylation is 4. The van der Waals surface area contributed by atoms with Gasteiger partial charge in [0.2, 0.25) is 0 Å². The molecule has 0 bridgehead atoms. The van der Waals surface area contributed by atoms with Gasteiger partial charge in [-0.05, 0) is 109 Å². The van der Waals surface area contributed by atoms with Crippen molar-refractivity contribution in [3.63, 3.8) is 0 Å². The van der Waals surface area contributed by atoms with Crippen molar-refractivity contribution in [1.82, 2.24) is 9.13 Å². The van der Waals surface area contributed by atoms with Gasteiger partial charge in [0, 0.05) is 79.2 Å². The first-order valence-electron chi connectivity index (χ1n) is 22.3. The van der Waals surface area contributed by atoms with Crippen LogP contribution >= 0.6 is 0 Å². The van der Waals surface area contributed by atoms with E-state index in [1.807, 2.05) is 0 Å². The summed E-state index contributed by atoms with van der Waals surface area (Å²) in [6.45, 7) is 10.7. The molecule has 0 aliphatic rings. The van der Waals surface area contributed by atoms with Crippen molar-refractivity contribution in [2.24, 2.45) is 0 Å². The van der Waals surface area contributed by atoms with Gasteiger partial charge < -0.3 is 18.9 Å². The largest absolute Gasteiger partial charge is 0.341 e. The van der Waals surface area contributed by atoms with E-state index in [0.29, 0.717) is 0 Å². The summed E-state index contributed by atoms with van der Waals surface area (Å²) >= 11 is 0. The molecule has 302 valence electrons. The maximum absolute atomic E-state index is 2.54. The number of benzene rings is 9. The summed E-state index contributed by atoms with van der Waals surface area (Å²) in [5.74, 6) is 0. The number of fused-ring (bicyclic) bond motifs is 9. The van der Waals surface area contributed by atoms with Crippen molar-refractivity contribution in [3.8, 4) is 0 Å². The molecule has 0 aliphatic heterocycles. The number of hydrogen-bond donors (Lipinski definition) is 0. The second-order valence-corrected chi connectivity index (χ2v) is 16.4. The summed E-state index contributed by atoms with van der Waals surface area (Å²) in [6, 6.07) is 68.3. The molecule has 0 saturated heterocycles. The maximum atomic E-state index is 2.54. The van der Waals surface area contributed by atoms with Crippen LogP contribution in [0.15, 0.2) is 182 Å². The SMILES string of the molecule is CCc1ccc(N(c2ccc3c4ccccc4n(CC)c3c2)c2c(N(c3ccc(CC)cc3)c3ccc4c5ccccc5n(CC)c4c3)c3ccccc3c3ccccc23)cc1. The van der Waals surface area contributed by atoms with Gasteiger partial charge in [0.05, 0.1) is 22.4 Å². The third-order valence-electron chi connectivity index (χ3n) is 13.2. The number of aromatic nitrogens is 2. The molecule has 0 amide bonds. The lowest BCUT2D eigenvalue weighted by molar-refractivity contribution is 0.827. The second-order valence-electron chi connectivity index (χ2n) is 16.4. The molecule has 0 saturated carbocycles. The van der Waals surface area contributed by atoms with Crippen LogP contribution in [0.2, 0.25) is 0 Å². The van der Waals surface area contributed by atoms with Crippen molar-refractivity contribution < 1.29 is 0 Å². The van der Waals surface area contributed by atoms with E-state index in [1.54, 1.807) is 0 Å². The molecule has 0 atom stereocenters. The van der Waals surface area contributed by atoms with Crippen LogP contribution in [0.25, 0.3) is 65.2 Å². The molecule has 2 heterocycles. The molecule has 4 nitrogen and oxygen atoms in total. The van der Waals surface area contributed by atoms with Gasteiger partial charge in [0.15, 0.2) is 0 Å². The molecule has 4 heteroatoms. The lowest BCUT2D eigenvalue weighted by Gasteiger charge is -2.35. The number of hydrogen-bond acceptors (Lipinski definition) is 2.